The van der Waals surface area contributed by atoms with Gasteiger partial charge in [-0.2, -0.15) is 0 Å². The fourth-order valence-electron chi connectivity index (χ4n) is 0.860. The monoisotopic (exact) mass is 178 g/mol. The van der Waals surface area contributed by atoms with Crippen molar-refractivity contribution in [1.82, 2.24) is 0 Å². The van der Waals surface area contributed by atoms with Crippen LogP contribution in [0.15, 0.2) is 36.4 Å². The highest BCUT2D eigenvalue weighted by molar-refractivity contribution is 7.96. The van der Waals surface area contributed by atoms with Crippen LogP contribution in [0.5, 0.6) is 0 Å². The Kier molecular flexibility index (Phi) is 3.61. The van der Waals surface area contributed by atoms with Crippen LogP contribution in [0, 0.1) is 0 Å². The number of rotatable bonds is 3. The Morgan fingerprint density at radius 1 is 1.33 bits per heavy atom. The highest BCUT2D eigenvalue weighted by Crippen LogP contribution is 2.02. The van der Waals surface area contributed by atoms with Gasteiger partial charge in [-0.1, -0.05) is 42.5 Å². The van der Waals surface area contributed by atoms with E-state index >= 15 is 0 Å². The first-order valence-corrected chi connectivity index (χ1v) is 4.17. The normalized spacial score (nSPS) is 10.4. The molecular formula is C10H10OS. The number of hydrogen-bond acceptors (Lipinski definition) is 1. The predicted molar refractivity (Wildman–Crippen MR) is 54.1 cm³/mol. The number of carbonyl (C=O) groups is 1. The summed E-state index contributed by atoms with van der Waals surface area (Å²) < 4.78 is 0. The minimum absolute atomic E-state index is 0.109. The molecule has 1 aromatic carbocycles. The Bertz CT molecular complexity index is 277. The van der Waals surface area contributed by atoms with E-state index in [0.29, 0.717) is 6.42 Å². The lowest BCUT2D eigenvalue weighted by Gasteiger charge is -1.89. The van der Waals surface area contributed by atoms with Gasteiger partial charge < -0.3 is 0 Å². The van der Waals surface area contributed by atoms with Gasteiger partial charge in [-0.05, 0) is 5.56 Å². The maximum Gasteiger partial charge on any atom is 0.189 e. The van der Waals surface area contributed by atoms with Gasteiger partial charge in [-0.3, -0.25) is 4.79 Å². The average molecular weight is 178 g/mol. The van der Waals surface area contributed by atoms with E-state index in [0.717, 1.165) is 5.56 Å². The number of allylic oxidation sites excluding steroid dienone is 1. The first-order chi connectivity index (χ1) is 5.79. The largest absolute Gasteiger partial charge is 0.287 e. The zero-order valence-electron chi connectivity index (χ0n) is 6.60. The van der Waals surface area contributed by atoms with E-state index in [2.05, 4.69) is 12.6 Å². The smallest absolute Gasteiger partial charge is 0.189 e. The van der Waals surface area contributed by atoms with Crippen LogP contribution in [0.4, 0.5) is 0 Å². The summed E-state index contributed by atoms with van der Waals surface area (Å²) in [7, 11) is 0. The second-order valence-corrected chi connectivity index (χ2v) is 2.91. The van der Waals surface area contributed by atoms with Gasteiger partial charge in [-0.15, -0.1) is 12.6 Å². The molecule has 0 unspecified atom stereocenters. The molecule has 0 aliphatic heterocycles. The molecule has 1 nitrogen and oxygen atoms in total. The number of hydrogen-bond donors (Lipinski definition) is 1. The minimum atomic E-state index is -0.109. The number of benzene rings is 1. The molecule has 0 aromatic heterocycles. The first-order valence-electron chi connectivity index (χ1n) is 3.72. The number of thiol groups is 1. The van der Waals surface area contributed by atoms with E-state index in [1.54, 1.807) is 0 Å². The summed E-state index contributed by atoms with van der Waals surface area (Å²) in [6, 6.07) is 9.85. The molecule has 0 saturated carbocycles. The third-order valence-corrected chi connectivity index (χ3v) is 1.58. The summed E-state index contributed by atoms with van der Waals surface area (Å²) in [5.41, 5.74) is 1.10. The quantitative estimate of drug-likeness (QED) is 0.704. The van der Waals surface area contributed by atoms with Crippen LogP contribution in [-0.2, 0) is 4.79 Å². The molecular weight excluding hydrogens is 168 g/mol. The molecule has 0 saturated heterocycles. The average Bonchev–Trinajstić information content (AvgIpc) is 2.05. The Labute approximate surface area is 77.5 Å². The van der Waals surface area contributed by atoms with Crippen LogP contribution < -0.4 is 0 Å². The van der Waals surface area contributed by atoms with E-state index in [-0.39, 0.29) is 5.12 Å². The van der Waals surface area contributed by atoms with Crippen molar-refractivity contribution in [1.29, 1.82) is 0 Å². The van der Waals surface area contributed by atoms with E-state index in [1.807, 2.05) is 42.5 Å². The van der Waals surface area contributed by atoms with Gasteiger partial charge in [0, 0.05) is 6.42 Å². The summed E-state index contributed by atoms with van der Waals surface area (Å²) in [6.07, 6.45) is 4.11. The van der Waals surface area contributed by atoms with Crippen LogP contribution >= 0.6 is 12.6 Å². The van der Waals surface area contributed by atoms with Crippen molar-refractivity contribution >= 4 is 23.8 Å². The van der Waals surface area contributed by atoms with Gasteiger partial charge in [0.2, 0.25) is 0 Å². The van der Waals surface area contributed by atoms with Crippen molar-refractivity contribution in [2.75, 3.05) is 0 Å². The molecule has 0 spiro atoms. The van der Waals surface area contributed by atoms with Crippen molar-refractivity contribution in [3.05, 3.63) is 42.0 Å². The molecule has 1 aromatic rings. The minimum Gasteiger partial charge on any atom is -0.287 e. The summed E-state index contributed by atoms with van der Waals surface area (Å²) >= 11 is 3.65. The Balaban J connectivity index is 2.52. The second-order valence-electron chi connectivity index (χ2n) is 2.41. The fourth-order valence-corrected chi connectivity index (χ4v) is 0.965. The first kappa shape index (κ1) is 9.07. The van der Waals surface area contributed by atoms with Gasteiger partial charge in [0.1, 0.15) is 0 Å². The lowest BCUT2D eigenvalue weighted by Crippen LogP contribution is -1.79. The summed E-state index contributed by atoms with van der Waals surface area (Å²) in [5, 5.41) is -0.109. The van der Waals surface area contributed by atoms with Crippen molar-refractivity contribution in [2.45, 2.75) is 6.42 Å². The second kappa shape index (κ2) is 4.78. The number of carbonyl (C=O) groups excluding carboxylic acids is 1. The Morgan fingerprint density at radius 2 is 2.00 bits per heavy atom. The molecule has 0 radical (unpaired) electrons. The van der Waals surface area contributed by atoms with Crippen molar-refractivity contribution < 1.29 is 4.79 Å². The molecule has 0 aliphatic carbocycles. The van der Waals surface area contributed by atoms with Crippen LogP contribution in [-0.4, -0.2) is 5.12 Å². The lowest BCUT2D eigenvalue weighted by atomic mass is 10.2. The Hall–Kier alpha value is -1.02. The van der Waals surface area contributed by atoms with Crippen molar-refractivity contribution in [3.63, 3.8) is 0 Å². The molecule has 1 rings (SSSR count). The molecule has 0 aliphatic rings. The lowest BCUT2D eigenvalue weighted by molar-refractivity contribution is -0.110. The molecule has 0 heterocycles. The van der Waals surface area contributed by atoms with Crippen molar-refractivity contribution in [3.8, 4) is 0 Å². The van der Waals surface area contributed by atoms with Crippen LogP contribution in [0.1, 0.15) is 12.0 Å². The molecule has 12 heavy (non-hydrogen) atoms. The van der Waals surface area contributed by atoms with E-state index in [9.17, 15) is 4.79 Å². The van der Waals surface area contributed by atoms with Crippen LogP contribution in [0.3, 0.4) is 0 Å². The maximum absolute atomic E-state index is 10.4. The molecule has 62 valence electrons. The standard InChI is InChI=1S/C10H10OS/c11-10(12)8-4-7-9-5-2-1-3-6-9/h1-7H,8H2,(H,11,12)/b7-4-. The van der Waals surface area contributed by atoms with Gasteiger partial charge in [0.05, 0.1) is 0 Å². The summed E-state index contributed by atoms with van der Waals surface area (Å²) in [6.45, 7) is 0. The van der Waals surface area contributed by atoms with Gasteiger partial charge in [0.15, 0.2) is 5.12 Å². The highest BCUT2D eigenvalue weighted by atomic mass is 32.1. The van der Waals surface area contributed by atoms with E-state index in [4.69, 9.17) is 0 Å². The van der Waals surface area contributed by atoms with Gasteiger partial charge in [-0.25, -0.2) is 0 Å². The van der Waals surface area contributed by atoms with Crippen molar-refractivity contribution in [2.24, 2.45) is 0 Å². The zero-order chi connectivity index (χ0) is 8.81. The Morgan fingerprint density at radius 3 is 2.58 bits per heavy atom. The van der Waals surface area contributed by atoms with Gasteiger partial charge in [0.25, 0.3) is 0 Å². The van der Waals surface area contributed by atoms with E-state index < -0.39 is 0 Å². The molecule has 0 bridgehead atoms. The van der Waals surface area contributed by atoms with E-state index in [1.165, 1.54) is 0 Å². The topological polar surface area (TPSA) is 17.1 Å². The third-order valence-electron chi connectivity index (χ3n) is 1.40. The van der Waals surface area contributed by atoms with Crippen LogP contribution in [0.2, 0.25) is 0 Å². The summed E-state index contributed by atoms with van der Waals surface area (Å²) in [5.74, 6) is 0. The maximum atomic E-state index is 10.4. The third kappa shape index (κ3) is 3.39. The molecule has 0 N–H and O–H groups in total. The SMILES string of the molecule is O=C(S)C/C=C\c1ccccc1. The van der Waals surface area contributed by atoms with Gasteiger partial charge >= 0.3 is 0 Å². The summed E-state index contributed by atoms with van der Waals surface area (Å²) in [4.78, 5) is 10.4. The van der Waals surface area contributed by atoms with Crippen LogP contribution in [0.25, 0.3) is 6.08 Å². The highest BCUT2D eigenvalue weighted by Gasteiger charge is 1.87. The molecule has 0 fully saturated rings. The molecule has 0 atom stereocenters. The fraction of sp³-hybridized carbons (Fsp3) is 0.100. The zero-order valence-corrected chi connectivity index (χ0v) is 7.50. The molecule has 2 heteroatoms. The predicted octanol–water partition coefficient (Wildman–Crippen LogP) is 2.55. The molecule has 0 amide bonds.